The van der Waals surface area contributed by atoms with E-state index in [4.69, 9.17) is 0 Å². The molecule has 0 atom stereocenters. The maximum Gasteiger partial charge on any atom is -0.147 e. The normalized spacial score (nSPS) is 18.8. The fourth-order valence-electron chi connectivity index (χ4n) is 4.27. The Hall–Kier alpha value is 0.471. The molecule has 2 aliphatic carbocycles. The van der Waals surface area contributed by atoms with Crippen LogP contribution in [0.4, 0.5) is 0 Å². The first-order valence-electron chi connectivity index (χ1n) is 8.81. The van der Waals surface area contributed by atoms with Gasteiger partial charge in [-0.1, -0.05) is 0 Å². The Morgan fingerprint density at radius 2 is 1.08 bits per heavy atom. The molecule has 0 N–H and O–H groups in total. The van der Waals surface area contributed by atoms with Crippen molar-refractivity contribution in [2.24, 2.45) is 11.8 Å². The summed E-state index contributed by atoms with van der Waals surface area (Å²) in [5.74, 6) is 1.36. The van der Waals surface area contributed by atoms with Gasteiger partial charge in [0.05, 0.1) is 0 Å². The smallest absolute Gasteiger partial charge is 0.147 e. The van der Waals surface area contributed by atoms with E-state index in [1.807, 2.05) is 7.76 Å². The van der Waals surface area contributed by atoms with Gasteiger partial charge in [-0.2, -0.15) is 0 Å². The zero-order valence-electron chi connectivity index (χ0n) is 16.7. The van der Waals surface area contributed by atoms with Crippen molar-refractivity contribution in [1.82, 2.24) is 0 Å². The van der Waals surface area contributed by atoms with Gasteiger partial charge in [0.15, 0.2) is 0 Å². The molecule has 0 radical (unpaired) electrons. The van der Waals surface area contributed by atoms with Crippen LogP contribution in [0.1, 0.15) is 54.4 Å². The van der Waals surface area contributed by atoms with Crippen molar-refractivity contribution < 1.29 is 14.0 Å². The Bertz CT molecular complexity index is 643. The molecule has 0 saturated carbocycles. The van der Waals surface area contributed by atoms with Gasteiger partial charge in [0.1, 0.15) is 0 Å². The Morgan fingerprint density at radius 1 is 0.792 bits per heavy atom. The summed E-state index contributed by atoms with van der Waals surface area (Å²) in [6, 6.07) is 0. The third-order valence-electron chi connectivity index (χ3n) is 5.94. The van der Waals surface area contributed by atoms with Crippen molar-refractivity contribution >= 4 is 32.4 Å². The minimum absolute atomic E-state index is 0. The quantitative estimate of drug-likeness (QED) is 0.442. The van der Waals surface area contributed by atoms with Crippen LogP contribution in [0.15, 0.2) is 42.2 Å². The van der Waals surface area contributed by atoms with E-state index in [0.717, 1.165) is 0 Å². The molecular weight excluding hydrogens is 387 g/mol. The molecule has 0 spiro atoms. The van der Waals surface area contributed by atoms with E-state index in [1.165, 1.54) is 12.8 Å². The van der Waals surface area contributed by atoms with Crippen LogP contribution in [-0.2, 0) is 14.0 Å². The van der Waals surface area contributed by atoms with Crippen LogP contribution in [0.25, 0.3) is 0 Å². The molecule has 24 heavy (non-hydrogen) atoms. The van der Waals surface area contributed by atoms with E-state index in [1.54, 1.807) is 22.3 Å². The fraction of sp³-hybridized carbons (Fsp3) is 0.600. The first-order valence-corrected chi connectivity index (χ1v) is 17.5. The molecule has 0 fully saturated rings. The predicted molar refractivity (Wildman–Crippen MR) is 115 cm³/mol. The van der Waals surface area contributed by atoms with Crippen LogP contribution in [0.2, 0.25) is 10.5 Å². The number of rotatable bonds is 4. The van der Waals surface area contributed by atoms with Gasteiger partial charge in [-0.15, -0.1) is 24.8 Å². The van der Waals surface area contributed by atoms with Crippen LogP contribution in [0, 0.1) is 11.8 Å². The monoisotopic (exact) mass is 422 g/mol. The van der Waals surface area contributed by atoms with Crippen LogP contribution < -0.4 is 0 Å². The molecule has 0 aromatic carbocycles. The summed E-state index contributed by atoms with van der Waals surface area (Å²) in [6.07, 6.45) is 7.47. The predicted octanol–water partition coefficient (Wildman–Crippen LogP) is 6.68. The van der Waals surface area contributed by atoms with Crippen LogP contribution in [-0.4, -0.2) is 7.63 Å². The number of hydrogen-bond donors (Lipinski definition) is 0. The maximum absolute atomic E-state index is 2.74. The summed E-state index contributed by atoms with van der Waals surface area (Å²) < 4.78 is 3.65. The SMILES string of the molecule is CC1=[C]([Ti]([CH3])([CH3])(=[SiH2])[C]2=C(C)C=C(C(C)C)C2)CC(C(C)C)=C1.Cl.Cl. The molecular formula is C20H36Cl2SiTi. The Balaban J connectivity index is 0.00000264. The molecule has 4 heteroatoms. The van der Waals surface area contributed by atoms with Crippen molar-refractivity contribution in [3.63, 3.8) is 0 Å². The molecule has 0 aromatic rings. The zero-order valence-corrected chi connectivity index (χ0v) is 21.4. The van der Waals surface area contributed by atoms with E-state index < -0.39 is 14.0 Å². The molecule has 0 bridgehead atoms. The first kappa shape index (κ1) is 24.5. The molecule has 2 rings (SSSR count). The minimum Gasteiger partial charge on any atom is -0.147 e. The van der Waals surface area contributed by atoms with Gasteiger partial charge in [-0.25, -0.2) is 0 Å². The van der Waals surface area contributed by atoms with Gasteiger partial charge in [0.2, 0.25) is 0 Å². The summed E-state index contributed by atoms with van der Waals surface area (Å²) in [4.78, 5) is 0. The van der Waals surface area contributed by atoms with Crippen molar-refractivity contribution in [2.45, 2.75) is 64.8 Å². The standard InChI is InChI=1S/2C9H13.2CH3.2ClH.H2Si.Ti/c2*1-7(2)9-5-4-8(3)6-9;;;;;;/h2*6-7H,5H2,1-3H3;2*1H3;2*1H;1H2;. The topological polar surface area (TPSA) is 0 Å². The van der Waals surface area contributed by atoms with E-state index in [2.05, 4.69) is 71.8 Å². The van der Waals surface area contributed by atoms with Gasteiger partial charge in [0.25, 0.3) is 0 Å². The van der Waals surface area contributed by atoms with Crippen molar-refractivity contribution in [1.29, 1.82) is 0 Å². The summed E-state index contributed by atoms with van der Waals surface area (Å²) in [5, 5.41) is 5.31. The Kier molecular flexibility index (Phi) is 8.17. The average molecular weight is 423 g/mol. The maximum atomic E-state index is 2.65. The van der Waals surface area contributed by atoms with E-state index in [-0.39, 0.29) is 24.8 Å². The van der Waals surface area contributed by atoms with Crippen LogP contribution in [0.3, 0.4) is 0 Å². The van der Waals surface area contributed by atoms with E-state index >= 15 is 0 Å². The minimum atomic E-state index is -2.74. The second-order valence-corrected chi connectivity index (χ2v) is 28.1. The van der Waals surface area contributed by atoms with Gasteiger partial charge < -0.3 is 0 Å². The molecule has 0 heterocycles. The fourth-order valence-corrected chi connectivity index (χ4v) is 14.8. The molecule has 138 valence electrons. The zero-order chi connectivity index (χ0) is 16.9. The average Bonchev–Trinajstić information content (AvgIpc) is 2.93. The Labute approximate surface area is 164 Å². The summed E-state index contributed by atoms with van der Waals surface area (Å²) in [5.41, 5.74) is 6.45. The molecule has 0 amide bonds. The van der Waals surface area contributed by atoms with E-state index in [0.29, 0.717) is 11.8 Å². The Morgan fingerprint density at radius 3 is 1.29 bits per heavy atom. The second kappa shape index (κ2) is 8.01. The summed E-state index contributed by atoms with van der Waals surface area (Å²) in [7, 11) is 2.38. The van der Waals surface area contributed by atoms with Crippen molar-refractivity contribution in [3.05, 3.63) is 42.2 Å². The van der Waals surface area contributed by atoms with Gasteiger partial charge in [0, 0.05) is 0 Å². The molecule has 2 aliphatic rings. The largest absolute Gasteiger partial charge is 0.147 e. The van der Waals surface area contributed by atoms with Gasteiger partial charge in [-0.05, 0) is 0 Å². The summed E-state index contributed by atoms with van der Waals surface area (Å²) >= 11 is -2.74. The number of halogens is 2. The molecule has 0 aromatic heterocycles. The van der Waals surface area contributed by atoms with Gasteiger partial charge in [-0.3, -0.25) is 0 Å². The molecule has 0 saturated heterocycles. The molecule has 0 aliphatic heterocycles. The third-order valence-corrected chi connectivity index (χ3v) is 17.3. The van der Waals surface area contributed by atoms with Crippen LogP contribution >= 0.6 is 24.8 Å². The number of allylic oxidation sites excluding steroid dienone is 8. The summed E-state index contributed by atoms with van der Waals surface area (Å²) in [6.45, 7) is 14.1. The van der Waals surface area contributed by atoms with E-state index in [9.17, 15) is 0 Å². The van der Waals surface area contributed by atoms with Crippen LogP contribution in [0.5, 0.6) is 0 Å². The van der Waals surface area contributed by atoms with Crippen molar-refractivity contribution in [3.8, 4) is 0 Å². The number of hydrogen-bond acceptors (Lipinski definition) is 0. The van der Waals surface area contributed by atoms with Crippen molar-refractivity contribution in [2.75, 3.05) is 0 Å². The van der Waals surface area contributed by atoms with Gasteiger partial charge >= 0.3 is 141 Å². The molecule has 0 nitrogen and oxygen atoms in total. The third kappa shape index (κ3) is 4.41. The molecule has 0 unspecified atom stereocenters. The second-order valence-electron chi connectivity index (χ2n) is 9.11. The first-order chi connectivity index (χ1) is 9.92.